The first kappa shape index (κ1) is 24.8. The molecular formula is C26H29ClN2O3S2. The molecule has 4 rings (SSSR count). The summed E-state index contributed by atoms with van der Waals surface area (Å²) in [5.74, 6) is 0.845. The number of aryl methyl sites for hydroxylation is 1. The van der Waals surface area contributed by atoms with Crippen LogP contribution >= 0.6 is 34.3 Å². The van der Waals surface area contributed by atoms with Crippen LogP contribution in [-0.2, 0) is 11.2 Å². The maximum atomic E-state index is 13.6. The fourth-order valence-electron chi connectivity index (χ4n) is 4.23. The molecule has 3 heterocycles. The van der Waals surface area contributed by atoms with Crippen LogP contribution in [0.15, 0.2) is 47.2 Å². The molecule has 0 saturated carbocycles. The van der Waals surface area contributed by atoms with Gasteiger partial charge in [-0.1, -0.05) is 31.5 Å². The molecule has 0 radical (unpaired) electrons. The molecule has 3 aromatic rings. The maximum absolute atomic E-state index is 13.6. The van der Waals surface area contributed by atoms with Crippen LogP contribution in [0.5, 0.6) is 5.75 Å². The van der Waals surface area contributed by atoms with Crippen LogP contribution < -0.4 is 4.74 Å². The Bertz CT molecular complexity index is 1140. The molecule has 0 spiro atoms. The predicted octanol–water partition coefficient (Wildman–Crippen LogP) is 6.07. The van der Waals surface area contributed by atoms with Crippen LogP contribution in [0.1, 0.15) is 45.6 Å². The summed E-state index contributed by atoms with van der Waals surface area (Å²) in [6.07, 6.45) is 0.818. The summed E-state index contributed by atoms with van der Waals surface area (Å²) in [4.78, 5) is 32.2. The van der Waals surface area contributed by atoms with E-state index < -0.39 is 0 Å². The molecule has 0 saturated heterocycles. The van der Waals surface area contributed by atoms with Crippen molar-refractivity contribution in [2.75, 3.05) is 26.2 Å². The molecule has 180 valence electrons. The largest absolute Gasteiger partial charge is 0.491 e. The normalized spacial score (nSPS) is 15.3. The average molecular weight is 517 g/mol. The monoisotopic (exact) mass is 516 g/mol. The van der Waals surface area contributed by atoms with E-state index in [0.717, 1.165) is 23.3 Å². The highest BCUT2D eigenvalue weighted by Crippen LogP contribution is 2.34. The molecular weight excluding hydrogens is 488 g/mol. The molecule has 1 aromatic carbocycles. The molecule has 1 atom stereocenters. The quantitative estimate of drug-likeness (QED) is 0.365. The summed E-state index contributed by atoms with van der Waals surface area (Å²) in [6, 6.07) is 11.2. The maximum Gasteiger partial charge on any atom is 0.264 e. The first-order valence-corrected chi connectivity index (χ1v) is 13.5. The average Bonchev–Trinajstić information content (AvgIpc) is 3.50. The first-order chi connectivity index (χ1) is 16.3. The second-order valence-corrected chi connectivity index (χ2v) is 11.3. The van der Waals surface area contributed by atoms with Gasteiger partial charge in [-0.15, -0.1) is 22.7 Å². The Labute approximate surface area is 213 Å². The Kier molecular flexibility index (Phi) is 7.96. The number of ether oxygens (including phenoxy) is 1. The van der Waals surface area contributed by atoms with Gasteiger partial charge in [-0.25, -0.2) is 0 Å². The smallest absolute Gasteiger partial charge is 0.264 e. The molecule has 0 aliphatic carbocycles. The van der Waals surface area contributed by atoms with Crippen molar-refractivity contribution in [1.29, 1.82) is 0 Å². The van der Waals surface area contributed by atoms with Crippen LogP contribution in [0.4, 0.5) is 0 Å². The molecule has 1 aliphatic rings. The Morgan fingerprint density at radius 3 is 2.74 bits per heavy atom. The van der Waals surface area contributed by atoms with Gasteiger partial charge >= 0.3 is 0 Å². The van der Waals surface area contributed by atoms with Crippen LogP contribution in [0.25, 0.3) is 0 Å². The van der Waals surface area contributed by atoms with Crippen molar-refractivity contribution in [3.8, 4) is 5.75 Å². The van der Waals surface area contributed by atoms with Crippen molar-refractivity contribution in [1.82, 2.24) is 9.80 Å². The van der Waals surface area contributed by atoms with E-state index in [1.165, 1.54) is 16.2 Å². The second-order valence-electron chi connectivity index (χ2n) is 8.93. The third-order valence-corrected chi connectivity index (χ3v) is 8.16. The minimum absolute atomic E-state index is 0.0525. The molecule has 2 aromatic heterocycles. The lowest BCUT2D eigenvalue weighted by atomic mass is 10.00. The van der Waals surface area contributed by atoms with Crippen LogP contribution in [0, 0.1) is 12.8 Å². The summed E-state index contributed by atoms with van der Waals surface area (Å²) in [6.45, 7) is 7.61. The highest BCUT2D eigenvalue weighted by Gasteiger charge is 2.34. The number of carbonyl (C=O) groups excluding carboxylic acids is 2. The van der Waals surface area contributed by atoms with Crippen LogP contribution in [0.3, 0.4) is 0 Å². The fourth-order valence-corrected chi connectivity index (χ4v) is 5.96. The Morgan fingerprint density at radius 2 is 2.03 bits per heavy atom. The van der Waals surface area contributed by atoms with Crippen LogP contribution in [0.2, 0.25) is 5.02 Å². The molecule has 2 amide bonds. The summed E-state index contributed by atoms with van der Waals surface area (Å²) in [5.41, 5.74) is 2.08. The highest BCUT2D eigenvalue weighted by molar-refractivity contribution is 7.12. The van der Waals surface area contributed by atoms with Gasteiger partial charge in [0.15, 0.2) is 0 Å². The third kappa shape index (κ3) is 5.65. The molecule has 1 aliphatic heterocycles. The molecule has 0 unspecified atom stereocenters. The minimum Gasteiger partial charge on any atom is -0.491 e. The number of benzene rings is 1. The summed E-state index contributed by atoms with van der Waals surface area (Å²) in [5, 5.41) is 4.66. The van der Waals surface area contributed by atoms with E-state index >= 15 is 0 Å². The zero-order chi connectivity index (χ0) is 24.2. The number of hydrogen-bond acceptors (Lipinski definition) is 5. The highest BCUT2D eigenvalue weighted by atomic mass is 35.5. The number of hydrogen-bond donors (Lipinski definition) is 0. The molecule has 0 bridgehead atoms. The lowest BCUT2D eigenvalue weighted by Gasteiger charge is -2.37. The molecule has 5 nitrogen and oxygen atoms in total. The van der Waals surface area contributed by atoms with E-state index in [1.807, 2.05) is 47.5 Å². The predicted molar refractivity (Wildman–Crippen MR) is 139 cm³/mol. The standard InChI is InChI=1S/C26H29ClN2O3S2/c1-17(2)14-28(26(31)24-5-4-11-33-24)15-25(30)29-10-8-23-20(9-12-34-23)22(29)16-32-19-6-7-21(27)18(3)13-19/h4-7,9,11-13,17,22H,8,10,14-16H2,1-3H3/t22-/m0/s1. The molecule has 8 heteroatoms. The van der Waals surface area contributed by atoms with E-state index in [0.29, 0.717) is 29.6 Å². The lowest BCUT2D eigenvalue weighted by molar-refractivity contribution is -0.135. The number of fused-ring (bicyclic) bond motifs is 1. The van der Waals surface area contributed by atoms with Gasteiger partial charge in [-0.3, -0.25) is 9.59 Å². The number of nitrogens with zero attached hydrogens (tertiary/aromatic N) is 2. The van der Waals surface area contributed by atoms with Crippen molar-refractivity contribution in [2.24, 2.45) is 5.92 Å². The Morgan fingerprint density at radius 1 is 1.21 bits per heavy atom. The topological polar surface area (TPSA) is 49.9 Å². The second kappa shape index (κ2) is 10.9. The molecule has 34 heavy (non-hydrogen) atoms. The number of halogens is 1. The van der Waals surface area contributed by atoms with Gasteiger partial charge in [-0.05, 0) is 71.5 Å². The third-order valence-electron chi connectivity index (χ3n) is 5.88. The van der Waals surface area contributed by atoms with Crippen molar-refractivity contribution in [2.45, 2.75) is 33.2 Å². The Hall–Kier alpha value is -2.35. The van der Waals surface area contributed by atoms with Gasteiger partial charge in [0.25, 0.3) is 5.91 Å². The van der Waals surface area contributed by atoms with Gasteiger partial charge in [0.05, 0.1) is 10.9 Å². The van der Waals surface area contributed by atoms with E-state index in [1.54, 1.807) is 16.2 Å². The fraction of sp³-hybridized carbons (Fsp3) is 0.385. The van der Waals surface area contributed by atoms with Crippen molar-refractivity contribution in [3.05, 3.63) is 73.1 Å². The number of carbonyl (C=O) groups is 2. The zero-order valence-electron chi connectivity index (χ0n) is 19.6. The molecule has 0 fully saturated rings. The first-order valence-electron chi connectivity index (χ1n) is 11.4. The van der Waals surface area contributed by atoms with E-state index in [9.17, 15) is 9.59 Å². The Balaban J connectivity index is 1.53. The molecule has 0 N–H and O–H groups in total. The summed E-state index contributed by atoms with van der Waals surface area (Å²) < 4.78 is 6.14. The van der Waals surface area contributed by atoms with Crippen LogP contribution in [-0.4, -0.2) is 47.9 Å². The minimum atomic E-state index is -0.198. The summed E-state index contributed by atoms with van der Waals surface area (Å²) in [7, 11) is 0. The number of rotatable bonds is 8. The van der Waals surface area contributed by atoms with Gasteiger partial charge in [0, 0.05) is 23.0 Å². The SMILES string of the molecule is Cc1cc(OC[C@H]2c3ccsc3CCN2C(=O)CN(CC(C)C)C(=O)c2cccs2)ccc1Cl. The van der Waals surface area contributed by atoms with Gasteiger partial charge < -0.3 is 14.5 Å². The van der Waals surface area contributed by atoms with Crippen molar-refractivity contribution in [3.63, 3.8) is 0 Å². The van der Waals surface area contributed by atoms with E-state index in [2.05, 4.69) is 25.3 Å². The van der Waals surface area contributed by atoms with Crippen molar-refractivity contribution < 1.29 is 14.3 Å². The van der Waals surface area contributed by atoms with Gasteiger partial charge in [-0.2, -0.15) is 0 Å². The number of amides is 2. The van der Waals surface area contributed by atoms with Crippen molar-refractivity contribution >= 4 is 46.1 Å². The van der Waals surface area contributed by atoms with E-state index in [4.69, 9.17) is 16.3 Å². The lowest BCUT2D eigenvalue weighted by Crippen LogP contribution is -2.48. The number of thiophene rings is 2. The van der Waals surface area contributed by atoms with E-state index in [-0.39, 0.29) is 30.3 Å². The zero-order valence-corrected chi connectivity index (χ0v) is 22.0. The van der Waals surface area contributed by atoms with Gasteiger partial charge in [0.2, 0.25) is 5.91 Å². The summed E-state index contributed by atoms with van der Waals surface area (Å²) >= 11 is 9.28. The van der Waals surface area contributed by atoms with Gasteiger partial charge in [0.1, 0.15) is 18.9 Å².